The van der Waals surface area contributed by atoms with Crippen LogP contribution in [0.15, 0.2) is 25.3 Å². The zero-order valence-electron chi connectivity index (χ0n) is 21.5. The van der Waals surface area contributed by atoms with Gasteiger partial charge in [0.05, 0.1) is 13.2 Å². The Morgan fingerprint density at radius 1 is 0.625 bits per heavy atom. The van der Waals surface area contributed by atoms with E-state index in [1.165, 1.54) is 95.6 Å². The van der Waals surface area contributed by atoms with Crippen LogP contribution in [0.25, 0.3) is 0 Å². The van der Waals surface area contributed by atoms with Crippen molar-refractivity contribution in [3.8, 4) is 0 Å². The van der Waals surface area contributed by atoms with Crippen LogP contribution in [0.1, 0.15) is 124 Å². The maximum atomic E-state index is 10.7. The lowest BCUT2D eigenvalue weighted by atomic mass is 10.0. The van der Waals surface area contributed by atoms with E-state index in [1.54, 1.807) is 0 Å². The Balaban J connectivity index is 0. The molecule has 0 saturated heterocycles. The minimum atomic E-state index is -0.310. The maximum absolute atomic E-state index is 10.7. The topological polar surface area (TPSA) is 52.6 Å². The first-order chi connectivity index (χ1) is 15.5. The van der Waals surface area contributed by atoms with Crippen LogP contribution in [0.3, 0.4) is 0 Å². The van der Waals surface area contributed by atoms with Crippen LogP contribution in [-0.2, 0) is 19.1 Å². The fraction of sp³-hybridized carbons (Fsp3) is 0.786. The van der Waals surface area contributed by atoms with Crippen molar-refractivity contribution >= 4 is 11.9 Å². The van der Waals surface area contributed by atoms with Gasteiger partial charge in [-0.2, -0.15) is 0 Å². The summed E-state index contributed by atoms with van der Waals surface area (Å²) >= 11 is 0. The Bertz CT molecular complexity index is 443. The molecule has 0 saturated carbocycles. The quantitative estimate of drug-likeness (QED) is 0.0997. The average molecular weight is 453 g/mol. The molecule has 0 heterocycles. The molecular weight excluding hydrogens is 400 g/mol. The van der Waals surface area contributed by atoms with Crippen molar-refractivity contribution in [3.63, 3.8) is 0 Å². The first kappa shape index (κ1) is 32.6. The summed E-state index contributed by atoms with van der Waals surface area (Å²) in [6.07, 6.45) is 22.7. The van der Waals surface area contributed by atoms with Gasteiger partial charge in [-0.3, -0.25) is 0 Å². The Kier molecular flexibility index (Phi) is 28.0. The molecule has 32 heavy (non-hydrogen) atoms. The van der Waals surface area contributed by atoms with Crippen LogP contribution >= 0.6 is 0 Å². The number of esters is 2. The van der Waals surface area contributed by atoms with E-state index in [4.69, 9.17) is 9.47 Å². The van der Waals surface area contributed by atoms with E-state index >= 15 is 0 Å². The third-order valence-corrected chi connectivity index (χ3v) is 5.25. The van der Waals surface area contributed by atoms with Crippen LogP contribution in [-0.4, -0.2) is 25.2 Å². The summed E-state index contributed by atoms with van der Waals surface area (Å²) < 4.78 is 9.79. The molecule has 0 aliphatic heterocycles. The van der Waals surface area contributed by atoms with Crippen molar-refractivity contribution in [1.82, 2.24) is 0 Å². The van der Waals surface area contributed by atoms with Crippen LogP contribution in [0.4, 0.5) is 0 Å². The van der Waals surface area contributed by atoms with E-state index in [0.717, 1.165) is 25.2 Å². The molecule has 0 aliphatic rings. The lowest BCUT2D eigenvalue weighted by Gasteiger charge is -2.04. The van der Waals surface area contributed by atoms with Gasteiger partial charge in [-0.25, -0.2) is 9.59 Å². The molecule has 0 atom stereocenters. The molecule has 0 rings (SSSR count). The summed E-state index contributed by atoms with van der Waals surface area (Å²) in [5, 5.41) is 0. The van der Waals surface area contributed by atoms with E-state index < -0.39 is 0 Å². The smallest absolute Gasteiger partial charge is 0.330 e. The molecule has 0 aliphatic carbocycles. The van der Waals surface area contributed by atoms with Crippen LogP contribution in [0, 0.1) is 5.92 Å². The molecule has 0 amide bonds. The molecule has 188 valence electrons. The second-order valence-corrected chi connectivity index (χ2v) is 8.88. The summed E-state index contributed by atoms with van der Waals surface area (Å²) in [7, 11) is 0. The van der Waals surface area contributed by atoms with E-state index in [-0.39, 0.29) is 11.9 Å². The second-order valence-electron chi connectivity index (χ2n) is 8.88. The number of carbonyl (C=O) groups is 2. The summed E-state index contributed by atoms with van der Waals surface area (Å²) in [4.78, 5) is 21.4. The lowest BCUT2D eigenvalue weighted by molar-refractivity contribution is -0.138. The minimum absolute atomic E-state index is 0.305. The fourth-order valence-electron chi connectivity index (χ4n) is 3.24. The van der Waals surface area contributed by atoms with Gasteiger partial charge in [-0.15, -0.1) is 0 Å². The molecule has 0 unspecified atom stereocenters. The number of ether oxygens (including phenoxy) is 2. The first-order valence-corrected chi connectivity index (χ1v) is 13.1. The maximum Gasteiger partial charge on any atom is 0.330 e. The summed E-state index contributed by atoms with van der Waals surface area (Å²) in [5.41, 5.74) is 0. The van der Waals surface area contributed by atoms with Crippen LogP contribution < -0.4 is 0 Å². The van der Waals surface area contributed by atoms with Crippen molar-refractivity contribution < 1.29 is 19.1 Å². The van der Waals surface area contributed by atoms with Crippen molar-refractivity contribution in [2.75, 3.05) is 13.2 Å². The molecule has 0 N–H and O–H groups in total. The largest absolute Gasteiger partial charge is 0.463 e. The summed E-state index contributed by atoms with van der Waals surface area (Å²) in [5.74, 6) is 0.203. The Morgan fingerprint density at radius 2 is 0.969 bits per heavy atom. The third kappa shape index (κ3) is 30.6. The molecule has 0 aromatic heterocycles. The van der Waals surface area contributed by atoms with E-state index in [9.17, 15) is 9.59 Å². The van der Waals surface area contributed by atoms with Gasteiger partial charge in [0, 0.05) is 12.2 Å². The molecule has 0 aromatic rings. The van der Waals surface area contributed by atoms with Gasteiger partial charge in [0.15, 0.2) is 0 Å². The Labute approximate surface area is 199 Å². The van der Waals surface area contributed by atoms with Gasteiger partial charge in [-0.05, 0) is 18.8 Å². The zero-order valence-corrected chi connectivity index (χ0v) is 21.5. The van der Waals surface area contributed by atoms with E-state index in [2.05, 4.69) is 33.9 Å². The molecule has 0 aromatic carbocycles. The normalized spacial score (nSPS) is 10.2. The monoisotopic (exact) mass is 452 g/mol. The van der Waals surface area contributed by atoms with Gasteiger partial charge in [0.2, 0.25) is 0 Å². The summed E-state index contributed by atoms with van der Waals surface area (Å²) in [6.45, 7) is 14.5. The zero-order chi connectivity index (χ0) is 24.3. The second kappa shape index (κ2) is 27.5. The number of rotatable bonds is 21. The van der Waals surface area contributed by atoms with E-state index in [0.29, 0.717) is 13.2 Å². The number of hydrogen-bond donors (Lipinski definition) is 0. The standard InChI is InChI=1S/C15H28O2.C13H24O2/c1-3-5-6-7-8-9-10-11-12-13-14-17-15(16)4-2;1-4-13(14)15-11-9-7-5-6-8-10-12(2)3/h4H,2-3,5-14H2,1H3;4,12H,1,5-11H2,2-3H3. The molecular formula is C28H52O4. The van der Waals surface area contributed by atoms with Crippen molar-refractivity contribution in [2.24, 2.45) is 5.92 Å². The minimum Gasteiger partial charge on any atom is -0.463 e. The van der Waals surface area contributed by atoms with Crippen molar-refractivity contribution in [1.29, 1.82) is 0 Å². The van der Waals surface area contributed by atoms with Gasteiger partial charge in [0.25, 0.3) is 0 Å². The highest BCUT2D eigenvalue weighted by Crippen LogP contribution is 2.11. The number of hydrogen-bond acceptors (Lipinski definition) is 4. The number of carbonyl (C=O) groups excluding carboxylic acids is 2. The Hall–Kier alpha value is -1.58. The average Bonchev–Trinajstić information content (AvgIpc) is 2.79. The molecule has 4 nitrogen and oxygen atoms in total. The van der Waals surface area contributed by atoms with Crippen LogP contribution in [0.2, 0.25) is 0 Å². The SMILES string of the molecule is C=CC(=O)OCCCCCCCC(C)C.C=CC(=O)OCCCCCCCCCCCC. The highest BCUT2D eigenvalue weighted by Gasteiger charge is 1.97. The van der Waals surface area contributed by atoms with Crippen LogP contribution in [0.5, 0.6) is 0 Å². The number of unbranched alkanes of at least 4 members (excludes halogenated alkanes) is 13. The molecule has 0 fully saturated rings. The van der Waals surface area contributed by atoms with Crippen molar-refractivity contribution in [3.05, 3.63) is 25.3 Å². The highest BCUT2D eigenvalue weighted by molar-refractivity contribution is 5.81. The molecule has 0 spiro atoms. The molecule has 0 radical (unpaired) electrons. The highest BCUT2D eigenvalue weighted by atomic mass is 16.5. The van der Waals surface area contributed by atoms with Gasteiger partial charge >= 0.3 is 11.9 Å². The van der Waals surface area contributed by atoms with Gasteiger partial charge in [-0.1, -0.05) is 124 Å². The predicted molar refractivity (Wildman–Crippen MR) is 137 cm³/mol. The van der Waals surface area contributed by atoms with Gasteiger partial charge < -0.3 is 9.47 Å². The fourth-order valence-corrected chi connectivity index (χ4v) is 3.24. The third-order valence-electron chi connectivity index (χ3n) is 5.25. The summed E-state index contributed by atoms with van der Waals surface area (Å²) in [6, 6.07) is 0. The molecule has 4 heteroatoms. The Morgan fingerprint density at radius 3 is 1.31 bits per heavy atom. The van der Waals surface area contributed by atoms with Gasteiger partial charge in [0.1, 0.15) is 0 Å². The van der Waals surface area contributed by atoms with Crippen molar-refractivity contribution in [2.45, 2.75) is 124 Å². The van der Waals surface area contributed by atoms with E-state index in [1.807, 2.05) is 0 Å². The molecule has 0 bridgehead atoms. The predicted octanol–water partition coefficient (Wildman–Crippen LogP) is 8.35. The lowest BCUT2D eigenvalue weighted by Crippen LogP contribution is -2.01. The first-order valence-electron chi connectivity index (χ1n) is 13.1.